The summed E-state index contributed by atoms with van der Waals surface area (Å²) in [7, 11) is 0. The normalized spacial score (nSPS) is 14.3. The lowest BCUT2D eigenvalue weighted by Gasteiger charge is -2.32. The molecule has 1 fully saturated rings. The summed E-state index contributed by atoms with van der Waals surface area (Å²) < 4.78 is 0.989. The van der Waals surface area contributed by atoms with Crippen LogP contribution in [0.4, 0.5) is 0 Å². The number of nitrogens with one attached hydrogen (secondary N) is 1. The topological polar surface area (TPSA) is 49.4 Å². The quantitative estimate of drug-likeness (QED) is 0.276. The van der Waals surface area contributed by atoms with Crippen molar-refractivity contribution in [1.29, 1.82) is 0 Å². The van der Waals surface area contributed by atoms with Crippen LogP contribution >= 0.6 is 27.7 Å². The molecule has 0 bridgehead atoms. The van der Waals surface area contributed by atoms with E-state index in [2.05, 4.69) is 52.4 Å². The molecule has 0 heterocycles. The minimum atomic E-state index is -0.570. The molecule has 1 aliphatic carbocycles. The van der Waals surface area contributed by atoms with Gasteiger partial charge in [0.2, 0.25) is 11.8 Å². The van der Waals surface area contributed by atoms with Crippen LogP contribution in [0.25, 0.3) is 0 Å². The van der Waals surface area contributed by atoms with Crippen LogP contribution < -0.4 is 5.32 Å². The van der Waals surface area contributed by atoms with Gasteiger partial charge < -0.3 is 10.2 Å². The first-order valence-electron chi connectivity index (χ1n) is 13.0. The molecule has 37 heavy (non-hydrogen) atoms. The summed E-state index contributed by atoms with van der Waals surface area (Å²) in [6.45, 7) is 2.47. The SMILES string of the molecule is Cc1ccc(CSCC(=O)N(Cc2ccc(Br)cc2)[C@@H](Cc2ccccc2)C(=O)NC2CCCC2)cc1. The van der Waals surface area contributed by atoms with Crippen LogP contribution in [0.1, 0.15) is 47.9 Å². The van der Waals surface area contributed by atoms with Gasteiger partial charge in [-0.3, -0.25) is 9.59 Å². The molecule has 0 aliphatic heterocycles. The summed E-state index contributed by atoms with van der Waals surface area (Å²) in [5.74, 6) is 1.02. The smallest absolute Gasteiger partial charge is 0.243 e. The van der Waals surface area contributed by atoms with Crippen LogP contribution in [0.5, 0.6) is 0 Å². The van der Waals surface area contributed by atoms with Crippen LogP contribution in [-0.4, -0.2) is 34.6 Å². The van der Waals surface area contributed by atoms with Crippen LogP contribution in [0, 0.1) is 6.92 Å². The molecule has 1 atom stereocenters. The second-order valence-electron chi connectivity index (χ2n) is 9.82. The lowest BCUT2D eigenvalue weighted by molar-refractivity contribution is -0.139. The van der Waals surface area contributed by atoms with E-state index in [1.807, 2.05) is 54.6 Å². The molecule has 1 N–H and O–H groups in total. The minimum absolute atomic E-state index is 0.0115. The summed E-state index contributed by atoms with van der Waals surface area (Å²) in [4.78, 5) is 29.2. The van der Waals surface area contributed by atoms with E-state index in [0.29, 0.717) is 18.7 Å². The highest BCUT2D eigenvalue weighted by molar-refractivity contribution is 9.10. The van der Waals surface area contributed by atoms with Gasteiger partial charge in [0.1, 0.15) is 6.04 Å². The van der Waals surface area contributed by atoms with Crippen molar-refractivity contribution in [3.63, 3.8) is 0 Å². The number of aryl methyl sites for hydroxylation is 1. The first-order chi connectivity index (χ1) is 18.0. The third-order valence-electron chi connectivity index (χ3n) is 6.85. The Bertz CT molecular complexity index is 1150. The van der Waals surface area contributed by atoms with Crippen molar-refractivity contribution in [2.75, 3.05) is 5.75 Å². The number of amides is 2. The highest BCUT2D eigenvalue weighted by Crippen LogP contribution is 2.22. The number of rotatable bonds is 11. The van der Waals surface area contributed by atoms with Gasteiger partial charge >= 0.3 is 0 Å². The lowest BCUT2D eigenvalue weighted by atomic mass is 10.0. The maximum absolute atomic E-state index is 13.7. The van der Waals surface area contributed by atoms with Crippen LogP contribution in [0.3, 0.4) is 0 Å². The fourth-order valence-electron chi connectivity index (χ4n) is 4.73. The Morgan fingerprint density at radius 1 is 0.919 bits per heavy atom. The van der Waals surface area contributed by atoms with Gasteiger partial charge in [0.05, 0.1) is 5.75 Å². The van der Waals surface area contributed by atoms with Crippen molar-refractivity contribution in [2.24, 2.45) is 0 Å². The van der Waals surface area contributed by atoms with Crippen molar-refractivity contribution in [3.05, 3.63) is 106 Å². The Kier molecular flexibility index (Phi) is 10.3. The van der Waals surface area contributed by atoms with E-state index in [-0.39, 0.29) is 17.9 Å². The fourth-order valence-corrected chi connectivity index (χ4v) is 5.87. The van der Waals surface area contributed by atoms with Gasteiger partial charge in [-0.15, -0.1) is 11.8 Å². The van der Waals surface area contributed by atoms with Gasteiger partial charge in [-0.05, 0) is 48.6 Å². The molecule has 0 spiro atoms. The van der Waals surface area contributed by atoms with Gasteiger partial charge in [-0.25, -0.2) is 0 Å². The number of hydrogen-bond acceptors (Lipinski definition) is 3. The van der Waals surface area contributed by atoms with E-state index in [4.69, 9.17) is 0 Å². The zero-order chi connectivity index (χ0) is 26.0. The Morgan fingerprint density at radius 2 is 1.57 bits per heavy atom. The van der Waals surface area contributed by atoms with Crippen molar-refractivity contribution in [2.45, 2.75) is 63.4 Å². The van der Waals surface area contributed by atoms with Crippen molar-refractivity contribution in [3.8, 4) is 0 Å². The average Bonchev–Trinajstić information content (AvgIpc) is 3.42. The molecular weight excluding hydrogens is 544 g/mol. The predicted octanol–water partition coefficient (Wildman–Crippen LogP) is 6.69. The summed E-state index contributed by atoms with van der Waals surface area (Å²) in [6.07, 6.45) is 4.80. The van der Waals surface area contributed by atoms with Crippen LogP contribution in [0.15, 0.2) is 83.3 Å². The predicted molar refractivity (Wildman–Crippen MR) is 156 cm³/mol. The van der Waals surface area contributed by atoms with Gasteiger partial charge in [-0.2, -0.15) is 0 Å². The third-order valence-corrected chi connectivity index (χ3v) is 8.37. The van der Waals surface area contributed by atoms with Crippen molar-refractivity contribution < 1.29 is 9.59 Å². The van der Waals surface area contributed by atoms with Crippen molar-refractivity contribution in [1.82, 2.24) is 10.2 Å². The molecule has 3 aromatic rings. The zero-order valence-electron chi connectivity index (χ0n) is 21.4. The molecule has 4 rings (SSSR count). The number of thioether (sulfide) groups is 1. The second-order valence-corrected chi connectivity index (χ2v) is 11.7. The van der Waals surface area contributed by atoms with E-state index >= 15 is 0 Å². The molecule has 0 radical (unpaired) electrons. The molecule has 1 saturated carbocycles. The second kappa shape index (κ2) is 13.8. The number of carbonyl (C=O) groups excluding carboxylic acids is 2. The molecule has 0 aromatic heterocycles. The third kappa shape index (κ3) is 8.47. The lowest BCUT2D eigenvalue weighted by Crippen LogP contribution is -2.52. The van der Waals surface area contributed by atoms with Gasteiger partial charge in [0, 0.05) is 29.2 Å². The first kappa shape index (κ1) is 27.5. The highest BCUT2D eigenvalue weighted by Gasteiger charge is 2.32. The Hall–Kier alpha value is -2.57. The summed E-state index contributed by atoms with van der Waals surface area (Å²) >= 11 is 5.10. The summed E-state index contributed by atoms with van der Waals surface area (Å²) in [5.41, 5.74) is 4.48. The van der Waals surface area contributed by atoms with Gasteiger partial charge in [0.25, 0.3) is 0 Å². The molecule has 4 nitrogen and oxygen atoms in total. The largest absolute Gasteiger partial charge is 0.352 e. The minimum Gasteiger partial charge on any atom is -0.352 e. The van der Waals surface area contributed by atoms with E-state index in [9.17, 15) is 9.59 Å². The monoisotopic (exact) mass is 578 g/mol. The number of hydrogen-bond donors (Lipinski definition) is 1. The van der Waals surface area contributed by atoms with Crippen molar-refractivity contribution >= 4 is 39.5 Å². The Labute approximate surface area is 233 Å². The zero-order valence-corrected chi connectivity index (χ0v) is 23.8. The average molecular weight is 580 g/mol. The first-order valence-corrected chi connectivity index (χ1v) is 14.9. The van der Waals surface area contributed by atoms with Crippen LogP contribution in [0.2, 0.25) is 0 Å². The van der Waals surface area contributed by atoms with Gasteiger partial charge in [-0.1, -0.05) is 101 Å². The molecule has 2 amide bonds. The van der Waals surface area contributed by atoms with E-state index in [1.54, 1.807) is 16.7 Å². The van der Waals surface area contributed by atoms with E-state index in [1.165, 1.54) is 11.1 Å². The number of nitrogens with zero attached hydrogens (tertiary/aromatic N) is 1. The molecule has 1 aliphatic rings. The maximum atomic E-state index is 13.7. The van der Waals surface area contributed by atoms with Crippen LogP contribution in [-0.2, 0) is 28.3 Å². The van der Waals surface area contributed by atoms with E-state index in [0.717, 1.165) is 47.0 Å². The maximum Gasteiger partial charge on any atom is 0.243 e. The molecular formula is C31H35BrN2O2S. The number of halogens is 1. The Morgan fingerprint density at radius 3 is 2.24 bits per heavy atom. The molecule has 6 heteroatoms. The summed E-state index contributed by atoms with van der Waals surface area (Å²) in [6, 6.07) is 26.0. The van der Waals surface area contributed by atoms with Gasteiger partial charge in [0.15, 0.2) is 0 Å². The number of carbonyl (C=O) groups is 2. The van der Waals surface area contributed by atoms with E-state index < -0.39 is 6.04 Å². The molecule has 194 valence electrons. The molecule has 3 aromatic carbocycles. The summed E-state index contributed by atoms with van der Waals surface area (Å²) in [5, 5.41) is 3.27. The standard InChI is InChI=1S/C31H35BrN2O2S/c1-23-11-13-26(14-12-23)21-37-22-30(35)34(20-25-15-17-27(32)18-16-25)29(19-24-7-3-2-4-8-24)31(36)33-28-9-5-6-10-28/h2-4,7-8,11-18,28-29H,5-6,9-10,19-22H2,1H3,(H,33,36)/t29-/m0/s1. The molecule has 0 saturated heterocycles. The molecule has 0 unspecified atom stereocenters. The number of benzene rings is 3. The Balaban J connectivity index is 1.55. The highest BCUT2D eigenvalue weighted by atomic mass is 79.9. The fraction of sp³-hybridized carbons (Fsp3) is 0.355.